The molecular weight excluding hydrogens is 268 g/mol. The van der Waals surface area contributed by atoms with E-state index in [9.17, 15) is 0 Å². The van der Waals surface area contributed by atoms with Crippen molar-refractivity contribution in [1.29, 1.82) is 0 Å². The highest BCUT2D eigenvalue weighted by atomic mass is 32.2. The van der Waals surface area contributed by atoms with Gasteiger partial charge in [-0.15, -0.1) is 0 Å². The fourth-order valence-electron chi connectivity index (χ4n) is 2.30. The van der Waals surface area contributed by atoms with E-state index in [-0.39, 0.29) is 6.04 Å². The van der Waals surface area contributed by atoms with Gasteiger partial charge in [0.15, 0.2) is 0 Å². The molecule has 5 heteroatoms. The molecule has 0 amide bonds. The zero-order valence-corrected chi connectivity index (χ0v) is 13.3. The van der Waals surface area contributed by atoms with Crippen LogP contribution >= 0.6 is 11.8 Å². The number of hydrogen-bond donors (Lipinski definition) is 2. The quantitative estimate of drug-likeness (QED) is 0.608. The molecule has 1 unspecified atom stereocenters. The maximum atomic E-state index is 5.69. The van der Waals surface area contributed by atoms with Gasteiger partial charge in [0.25, 0.3) is 0 Å². The van der Waals surface area contributed by atoms with Gasteiger partial charge in [-0.25, -0.2) is 0 Å². The maximum absolute atomic E-state index is 5.69. The van der Waals surface area contributed by atoms with Crippen LogP contribution in [-0.4, -0.2) is 26.8 Å². The highest BCUT2D eigenvalue weighted by Crippen LogP contribution is 2.21. The van der Waals surface area contributed by atoms with Crippen molar-refractivity contribution in [3.8, 4) is 0 Å². The van der Waals surface area contributed by atoms with Crippen molar-refractivity contribution in [2.24, 2.45) is 5.84 Å². The van der Waals surface area contributed by atoms with Gasteiger partial charge in [0.05, 0.1) is 11.2 Å². The van der Waals surface area contributed by atoms with Gasteiger partial charge in [0, 0.05) is 30.1 Å². The lowest BCUT2D eigenvalue weighted by Gasteiger charge is -2.15. The lowest BCUT2D eigenvalue weighted by Crippen LogP contribution is -2.39. The van der Waals surface area contributed by atoms with Gasteiger partial charge in [0.2, 0.25) is 0 Å². The molecule has 2 rings (SSSR count). The Bertz CT molecular complexity index is 550. The van der Waals surface area contributed by atoms with E-state index in [1.165, 1.54) is 10.9 Å². The van der Waals surface area contributed by atoms with Crippen LogP contribution in [0.2, 0.25) is 0 Å². The molecule has 1 heterocycles. The molecule has 0 aliphatic heterocycles. The number of aromatic nitrogens is 2. The van der Waals surface area contributed by atoms with Crippen LogP contribution in [0, 0.1) is 0 Å². The van der Waals surface area contributed by atoms with Crippen molar-refractivity contribution in [2.75, 3.05) is 5.75 Å². The van der Waals surface area contributed by atoms with Crippen LogP contribution < -0.4 is 11.3 Å². The lowest BCUT2D eigenvalue weighted by atomic mass is 10.1. The Morgan fingerprint density at radius 2 is 2.10 bits per heavy atom. The molecule has 4 nitrogen and oxygen atoms in total. The molecule has 1 atom stereocenters. The SMILES string of the molecule is CCn1nc(CC(CSC(C)C)NN)c2ccccc21. The molecule has 0 saturated carbocycles. The fourth-order valence-corrected chi connectivity index (χ4v) is 3.13. The molecule has 0 aliphatic rings. The highest BCUT2D eigenvalue weighted by molar-refractivity contribution is 7.99. The van der Waals surface area contributed by atoms with Crippen LogP contribution in [0.15, 0.2) is 24.3 Å². The fraction of sp³-hybridized carbons (Fsp3) is 0.533. The number of nitrogens with two attached hydrogens (primary N) is 1. The molecule has 20 heavy (non-hydrogen) atoms. The summed E-state index contributed by atoms with van der Waals surface area (Å²) in [5.41, 5.74) is 5.27. The van der Waals surface area contributed by atoms with E-state index in [1.54, 1.807) is 0 Å². The first-order valence-electron chi connectivity index (χ1n) is 7.17. The van der Waals surface area contributed by atoms with E-state index >= 15 is 0 Å². The number of nitrogens with one attached hydrogen (secondary N) is 1. The summed E-state index contributed by atoms with van der Waals surface area (Å²) in [5.74, 6) is 6.69. The van der Waals surface area contributed by atoms with Crippen molar-refractivity contribution in [3.63, 3.8) is 0 Å². The van der Waals surface area contributed by atoms with E-state index in [1.807, 2.05) is 11.8 Å². The smallest absolute Gasteiger partial charge is 0.0719 e. The minimum atomic E-state index is 0.256. The Labute approximate surface area is 125 Å². The predicted molar refractivity (Wildman–Crippen MR) is 87.8 cm³/mol. The van der Waals surface area contributed by atoms with Crippen LogP contribution in [0.3, 0.4) is 0 Å². The van der Waals surface area contributed by atoms with Gasteiger partial charge < -0.3 is 0 Å². The molecule has 2 aromatic rings. The van der Waals surface area contributed by atoms with Crippen molar-refractivity contribution in [1.82, 2.24) is 15.2 Å². The van der Waals surface area contributed by atoms with Crippen molar-refractivity contribution < 1.29 is 0 Å². The number of nitrogens with zero attached hydrogens (tertiary/aromatic N) is 2. The molecule has 3 N–H and O–H groups in total. The second kappa shape index (κ2) is 7.11. The number of aryl methyl sites for hydroxylation is 1. The molecule has 1 aromatic carbocycles. The molecular formula is C15H24N4S. The Balaban J connectivity index is 2.19. The monoisotopic (exact) mass is 292 g/mol. The van der Waals surface area contributed by atoms with Crippen molar-refractivity contribution in [2.45, 2.75) is 45.0 Å². The van der Waals surface area contributed by atoms with Gasteiger partial charge in [-0.05, 0) is 18.2 Å². The first-order valence-corrected chi connectivity index (χ1v) is 8.22. The number of hydrogen-bond acceptors (Lipinski definition) is 4. The summed E-state index contributed by atoms with van der Waals surface area (Å²) >= 11 is 1.92. The number of rotatable bonds is 7. The number of hydrazine groups is 1. The van der Waals surface area contributed by atoms with E-state index in [0.29, 0.717) is 5.25 Å². The summed E-state index contributed by atoms with van der Waals surface area (Å²) in [6.45, 7) is 7.43. The second-order valence-corrected chi connectivity index (χ2v) is 6.84. The number of fused-ring (bicyclic) bond motifs is 1. The Hall–Kier alpha value is -1.04. The summed E-state index contributed by atoms with van der Waals surface area (Å²) in [6, 6.07) is 8.66. The highest BCUT2D eigenvalue weighted by Gasteiger charge is 2.15. The first-order chi connectivity index (χ1) is 9.65. The maximum Gasteiger partial charge on any atom is 0.0719 e. The first kappa shape index (κ1) is 15.4. The van der Waals surface area contributed by atoms with Crippen molar-refractivity contribution >= 4 is 22.7 Å². The van der Waals surface area contributed by atoms with Crippen LogP contribution in [0.25, 0.3) is 10.9 Å². The Morgan fingerprint density at radius 3 is 2.75 bits per heavy atom. The third kappa shape index (κ3) is 3.53. The summed E-state index contributed by atoms with van der Waals surface area (Å²) in [5, 5.41) is 6.60. The van der Waals surface area contributed by atoms with Crippen LogP contribution in [0.5, 0.6) is 0 Å². The van der Waals surface area contributed by atoms with Crippen LogP contribution in [-0.2, 0) is 13.0 Å². The van der Waals surface area contributed by atoms with Crippen molar-refractivity contribution in [3.05, 3.63) is 30.0 Å². The number of para-hydroxylation sites is 1. The summed E-state index contributed by atoms with van der Waals surface area (Å²) in [4.78, 5) is 0. The number of thioether (sulfide) groups is 1. The molecule has 0 bridgehead atoms. The normalized spacial score (nSPS) is 13.2. The number of benzene rings is 1. The summed E-state index contributed by atoms with van der Waals surface area (Å²) < 4.78 is 2.06. The van der Waals surface area contributed by atoms with E-state index in [4.69, 9.17) is 10.9 Å². The molecule has 0 aliphatic carbocycles. The average Bonchev–Trinajstić information content (AvgIpc) is 2.81. The molecule has 1 aromatic heterocycles. The standard InChI is InChI=1S/C15H24N4S/c1-4-19-15-8-6-5-7-13(15)14(18-19)9-12(17-16)10-20-11(2)3/h5-8,11-12,17H,4,9-10,16H2,1-3H3. The topological polar surface area (TPSA) is 55.9 Å². The zero-order chi connectivity index (χ0) is 14.5. The van der Waals surface area contributed by atoms with Gasteiger partial charge in [-0.2, -0.15) is 16.9 Å². The molecule has 0 saturated heterocycles. The van der Waals surface area contributed by atoms with Gasteiger partial charge in [0.1, 0.15) is 0 Å². The van der Waals surface area contributed by atoms with E-state index in [0.717, 1.165) is 24.4 Å². The average molecular weight is 292 g/mol. The Morgan fingerprint density at radius 1 is 1.35 bits per heavy atom. The minimum Gasteiger partial charge on any atom is -0.271 e. The minimum absolute atomic E-state index is 0.256. The van der Waals surface area contributed by atoms with E-state index in [2.05, 4.69) is 55.1 Å². The predicted octanol–water partition coefficient (Wildman–Crippen LogP) is 2.57. The van der Waals surface area contributed by atoms with Gasteiger partial charge in [-0.1, -0.05) is 32.0 Å². The zero-order valence-electron chi connectivity index (χ0n) is 12.5. The third-order valence-corrected chi connectivity index (χ3v) is 4.60. The molecule has 0 radical (unpaired) electrons. The summed E-state index contributed by atoms with van der Waals surface area (Å²) in [7, 11) is 0. The van der Waals surface area contributed by atoms with Gasteiger partial charge >= 0.3 is 0 Å². The molecule has 0 spiro atoms. The van der Waals surface area contributed by atoms with Crippen LogP contribution in [0.4, 0.5) is 0 Å². The largest absolute Gasteiger partial charge is 0.271 e. The lowest BCUT2D eigenvalue weighted by molar-refractivity contribution is 0.560. The summed E-state index contributed by atoms with van der Waals surface area (Å²) in [6.07, 6.45) is 0.865. The molecule has 110 valence electrons. The van der Waals surface area contributed by atoms with Gasteiger partial charge in [-0.3, -0.25) is 16.0 Å². The van der Waals surface area contributed by atoms with E-state index < -0.39 is 0 Å². The second-order valence-electron chi connectivity index (χ2n) is 5.23. The molecule has 0 fully saturated rings. The third-order valence-electron chi connectivity index (χ3n) is 3.34. The Kier molecular flexibility index (Phi) is 5.46. The van der Waals surface area contributed by atoms with Crippen LogP contribution in [0.1, 0.15) is 26.5 Å².